The zero-order valence-corrected chi connectivity index (χ0v) is 9.66. The maximum absolute atomic E-state index is 10.9. The molecule has 0 aliphatic heterocycles. The molecule has 0 radical (unpaired) electrons. The Kier molecular flexibility index (Phi) is 3.07. The van der Waals surface area contributed by atoms with Crippen molar-refractivity contribution >= 4 is 16.8 Å². The van der Waals surface area contributed by atoms with Gasteiger partial charge in [0.1, 0.15) is 0 Å². The Hall–Kier alpha value is -1.60. The predicted molar refractivity (Wildman–Crippen MR) is 66.8 cm³/mol. The zero-order chi connectivity index (χ0) is 11.5. The van der Waals surface area contributed by atoms with Crippen LogP contribution in [0.5, 0.6) is 0 Å². The number of carbonyl (C=O) groups excluding carboxylic acids is 1. The third kappa shape index (κ3) is 2.31. The van der Waals surface area contributed by atoms with E-state index in [4.69, 9.17) is 11.6 Å². The van der Waals surface area contributed by atoms with E-state index in [1.807, 2.05) is 24.3 Å². The minimum Gasteiger partial charge on any atom is -0.276 e. The second-order valence-corrected chi connectivity index (χ2v) is 4.06. The number of hydrogen-bond acceptors (Lipinski definition) is 1. The minimum atomic E-state index is -0.421. The van der Waals surface area contributed by atoms with Gasteiger partial charge < -0.3 is 0 Å². The summed E-state index contributed by atoms with van der Waals surface area (Å²) in [5.41, 5.74) is 3.98. The summed E-state index contributed by atoms with van der Waals surface area (Å²) in [4.78, 5) is 10.9. The van der Waals surface area contributed by atoms with Gasteiger partial charge in [0.25, 0.3) is 5.24 Å². The first-order valence-electron chi connectivity index (χ1n) is 5.04. The first-order chi connectivity index (χ1) is 7.66. The zero-order valence-electron chi connectivity index (χ0n) is 8.91. The summed E-state index contributed by atoms with van der Waals surface area (Å²) in [5, 5.41) is -0.421. The van der Waals surface area contributed by atoms with Crippen molar-refractivity contribution in [1.82, 2.24) is 0 Å². The Morgan fingerprint density at radius 2 is 1.69 bits per heavy atom. The van der Waals surface area contributed by atoms with E-state index in [9.17, 15) is 4.79 Å². The molecule has 0 fully saturated rings. The van der Waals surface area contributed by atoms with E-state index in [0.717, 1.165) is 11.1 Å². The highest BCUT2D eigenvalue weighted by atomic mass is 35.5. The number of aryl methyl sites for hydroxylation is 1. The van der Waals surface area contributed by atoms with E-state index < -0.39 is 5.24 Å². The fraction of sp³-hybridized carbons (Fsp3) is 0.0714. The quantitative estimate of drug-likeness (QED) is 0.712. The average molecular weight is 231 g/mol. The third-order valence-corrected chi connectivity index (χ3v) is 2.68. The van der Waals surface area contributed by atoms with Gasteiger partial charge in [-0.1, -0.05) is 42.0 Å². The molecule has 16 heavy (non-hydrogen) atoms. The topological polar surface area (TPSA) is 17.1 Å². The van der Waals surface area contributed by atoms with Gasteiger partial charge in [-0.05, 0) is 41.8 Å². The van der Waals surface area contributed by atoms with Crippen LogP contribution < -0.4 is 0 Å². The Morgan fingerprint density at radius 1 is 1.00 bits per heavy atom. The molecule has 0 N–H and O–H groups in total. The first kappa shape index (κ1) is 10.9. The molecule has 2 aromatic rings. The lowest BCUT2D eigenvalue weighted by Crippen LogP contribution is -1.87. The average Bonchev–Trinajstić information content (AvgIpc) is 2.29. The van der Waals surface area contributed by atoms with Crippen LogP contribution in [0.3, 0.4) is 0 Å². The summed E-state index contributed by atoms with van der Waals surface area (Å²) in [6.07, 6.45) is 0. The van der Waals surface area contributed by atoms with Crippen molar-refractivity contribution in [3.63, 3.8) is 0 Å². The summed E-state index contributed by atoms with van der Waals surface area (Å²) in [5.74, 6) is 0. The van der Waals surface area contributed by atoms with Gasteiger partial charge in [-0.3, -0.25) is 4.79 Å². The van der Waals surface area contributed by atoms with E-state index in [-0.39, 0.29) is 0 Å². The Bertz CT molecular complexity index is 515. The molecule has 0 spiro atoms. The summed E-state index contributed by atoms with van der Waals surface area (Å²) in [7, 11) is 0. The lowest BCUT2D eigenvalue weighted by molar-refractivity contribution is 0.108. The lowest BCUT2D eigenvalue weighted by atomic mass is 10.0. The van der Waals surface area contributed by atoms with Crippen LogP contribution in [-0.4, -0.2) is 5.24 Å². The van der Waals surface area contributed by atoms with E-state index in [2.05, 4.69) is 19.1 Å². The molecule has 0 saturated carbocycles. The molecule has 1 nitrogen and oxygen atoms in total. The highest BCUT2D eigenvalue weighted by Crippen LogP contribution is 2.21. The van der Waals surface area contributed by atoms with E-state index in [1.54, 1.807) is 12.1 Å². The number of benzene rings is 2. The van der Waals surface area contributed by atoms with Crippen LogP contribution in [0.15, 0.2) is 48.5 Å². The Labute approximate surface area is 99.7 Å². The summed E-state index contributed by atoms with van der Waals surface area (Å²) < 4.78 is 0. The number of halogens is 1. The van der Waals surface area contributed by atoms with Crippen LogP contribution in [0.4, 0.5) is 0 Å². The highest BCUT2D eigenvalue weighted by molar-refractivity contribution is 6.67. The monoisotopic (exact) mass is 230 g/mol. The molecule has 0 heterocycles. The molecule has 2 heteroatoms. The van der Waals surface area contributed by atoms with Gasteiger partial charge in [-0.15, -0.1) is 0 Å². The van der Waals surface area contributed by atoms with Gasteiger partial charge in [0, 0.05) is 5.56 Å². The molecule has 2 aromatic carbocycles. The molecule has 0 saturated heterocycles. The number of carbonyl (C=O) groups is 1. The molecule has 0 aliphatic rings. The van der Waals surface area contributed by atoms with Crippen LogP contribution in [0.1, 0.15) is 15.9 Å². The SMILES string of the molecule is Cc1cccc(-c2ccc(C(=O)Cl)cc2)c1. The molecule has 0 aromatic heterocycles. The van der Waals surface area contributed by atoms with Crippen molar-refractivity contribution in [2.24, 2.45) is 0 Å². The molecular weight excluding hydrogens is 220 g/mol. The second-order valence-electron chi connectivity index (χ2n) is 3.72. The van der Waals surface area contributed by atoms with Crippen LogP contribution in [-0.2, 0) is 0 Å². The number of rotatable bonds is 2. The Morgan fingerprint density at radius 3 is 2.25 bits per heavy atom. The fourth-order valence-electron chi connectivity index (χ4n) is 1.62. The smallest absolute Gasteiger partial charge is 0.252 e. The van der Waals surface area contributed by atoms with Gasteiger partial charge in [0.2, 0.25) is 0 Å². The number of hydrogen-bond donors (Lipinski definition) is 0. The van der Waals surface area contributed by atoms with Crippen molar-refractivity contribution in [2.75, 3.05) is 0 Å². The molecule has 2 rings (SSSR count). The van der Waals surface area contributed by atoms with Crippen molar-refractivity contribution in [3.05, 3.63) is 59.7 Å². The van der Waals surface area contributed by atoms with Gasteiger partial charge >= 0.3 is 0 Å². The van der Waals surface area contributed by atoms with Crippen molar-refractivity contribution < 1.29 is 4.79 Å². The van der Waals surface area contributed by atoms with Crippen LogP contribution in [0, 0.1) is 6.92 Å². The van der Waals surface area contributed by atoms with E-state index in [1.165, 1.54) is 5.56 Å². The predicted octanol–water partition coefficient (Wildman–Crippen LogP) is 4.04. The van der Waals surface area contributed by atoms with Gasteiger partial charge in [0.15, 0.2) is 0 Å². The van der Waals surface area contributed by atoms with Crippen molar-refractivity contribution in [1.29, 1.82) is 0 Å². The third-order valence-electron chi connectivity index (χ3n) is 2.46. The maximum atomic E-state index is 10.9. The normalized spacial score (nSPS) is 10.1. The molecule has 80 valence electrons. The van der Waals surface area contributed by atoms with Crippen molar-refractivity contribution in [3.8, 4) is 11.1 Å². The lowest BCUT2D eigenvalue weighted by Gasteiger charge is -2.03. The highest BCUT2D eigenvalue weighted by Gasteiger charge is 2.02. The largest absolute Gasteiger partial charge is 0.276 e. The summed E-state index contributed by atoms with van der Waals surface area (Å²) in [6.45, 7) is 2.06. The van der Waals surface area contributed by atoms with E-state index >= 15 is 0 Å². The standard InChI is InChI=1S/C14H11ClO/c1-10-3-2-4-13(9-10)11-5-7-12(8-6-11)14(15)16/h2-9H,1H3. The molecular formula is C14H11ClO. The maximum Gasteiger partial charge on any atom is 0.252 e. The molecule has 0 unspecified atom stereocenters. The van der Waals surface area contributed by atoms with Gasteiger partial charge in [0.05, 0.1) is 0 Å². The van der Waals surface area contributed by atoms with Gasteiger partial charge in [-0.2, -0.15) is 0 Å². The van der Waals surface area contributed by atoms with Crippen LogP contribution in [0.2, 0.25) is 0 Å². The Balaban J connectivity index is 2.38. The van der Waals surface area contributed by atoms with Crippen LogP contribution in [0.25, 0.3) is 11.1 Å². The minimum absolute atomic E-state index is 0.421. The first-order valence-corrected chi connectivity index (χ1v) is 5.41. The molecule has 0 aliphatic carbocycles. The molecule has 0 bridgehead atoms. The summed E-state index contributed by atoms with van der Waals surface area (Å²) >= 11 is 5.39. The summed E-state index contributed by atoms with van der Waals surface area (Å²) in [6, 6.07) is 15.5. The fourth-order valence-corrected chi connectivity index (χ4v) is 1.74. The van der Waals surface area contributed by atoms with Gasteiger partial charge in [-0.25, -0.2) is 0 Å². The molecule has 0 atom stereocenters. The van der Waals surface area contributed by atoms with Crippen molar-refractivity contribution in [2.45, 2.75) is 6.92 Å². The van der Waals surface area contributed by atoms with E-state index in [0.29, 0.717) is 5.56 Å². The molecule has 0 amide bonds. The van der Waals surface area contributed by atoms with Crippen LogP contribution >= 0.6 is 11.6 Å². The second kappa shape index (κ2) is 4.50.